The zero-order chi connectivity index (χ0) is 22.8. The quantitative estimate of drug-likeness (QED) is 0.626. The molecule has 8 nitrogen and oxygen atoms in total. The van der Waals surface area contributed by atoms with Crippen LogP contribution < -0.4 is 5.56 Å². The molecule has 0 aromatic carbocycles. The smallest absolute Gasteiger partial charge is 0.276 e. The van der Waals surface area contributed by atoms with Gasteiger partial charge < -0.3 is 4.90 Å². The first kappa shape index (κ1) is 21.8. The second-order valence-corrected chi connectivity index (χ2v) is 9.32. The highest BCUT2D eigenvalue weighted by Crippen LogP contribution is 2.31. The molecule has 2 aliphatic rings. The number of rotatable bonds is 6. The molecular weight excluding hydrogens is 416 g/mol. The average molecular weight is 449 g/mol. The van der Waals surface area contributed by atoms with Crippen molar-refractivity contribution in [2.24, 2.45) is 0 Å². The van der Waals surface area contributed by atoms with E-state index in [9.17, 15) is 9.59 Å². The molecule has 2 aliphatic heterocycles. The van der Waals surface area contributed by atoms with Gasteiger partial charge >= 0.3 is 0 Å². The summed E-state index contributed by atoms with van der Waals surface area (Å²) in [5, 5.41) is 3.35. The van der Waals surface area contributed by atoms with E-state index in [1.54, 1.807) is 10.7 Å². The van der Waals surface area contributed by atoms with Crippen molar-refractivity contribution in [3.05, 3.63) is 63.5 Å². The number of hydrogen-bond acceptors (Lipinski definition) is 5. The fourth-order valence-electron chi connectivity index (χ4n) is 5.26. The van der Waals surface area contributed by atoms with Crippen LogP contribution in [-0.4, -0.2) is 54.9 Å². The third-order valence-electron chi connectivity index (χ3n) is 7.06. The van der Waals surface area contributed by atoms with Gasteiger partial charge in [-0.15, -0.1) is 0 Å². The van der Waals surface area contributed by atoms with Gasteiger partial charge in [-0.25, -0.2) is 9.50 Å². The van der Waals surface area contributed by atoms with Gasteiger partial charge in [0, 0.05) is 55.8 Å². The van der Waals surface area contributed by atoms with Crippen LogP contribution in [0.2, 0.25) is 0 Å². The van der Waals surface area contributed by atoms with Gasteiger partial charge in [0.1, 0.15) is 0 Å². The number of aromatic nitrogens is 4. The molecule has 2 fully saturated rings. The van der Waals surface area contributed by atoms with Crippen molar-refractivity contribution in [2.75, 3.05) is 19.6 Å². The lowest BCUT2D eigenvalue weighted by molar-refractivity contribution is -0.130. The van der Waals surface area contributed by atoms with Crippen molar-refractivity contribution in [1.29, 1.82) is 0 Å². The van der Waals surface area contributed by atoms with E-state index >= 15 is 0 Å². The molecule has 1 N–H and O–H groups in total. The number of nitrogens with zero attached hydrogens (tertiary/aromatic N) is 5. The molecule has 5 rings (SSSR count). The van der Waals surface area contributed by atoms with Crippen LogP contribution in [0.25, 0.3) is 5.65 Å². The summed E-state index contributed by atoms with van der Waals surface area (Å²) in [4.78, 5) is 39.1. The molecule has 0 aliphatic carbocycles. The zero-order valence-electron chi connectivity index (χ0n) is 19.3. The SMILES string of the molecule is Cc1nc2cc(C3CCCCN3Cc3cccnc3)[nH]n2c(=O)c1CCC(=O)N1CCCC1. The molecule has 1 atom stereocenters. The van der Waals surface area contributed by atoms with E-state index in [1.807, 2.05) is 30.2 Å². The molecule has 174 valence electrons. The van der Waals surface area contributed by atoms with E-state index < -0.39 is 0 Å². The summed E-state index contributed by atoms with van der Waals surface area (Å²) in [7, 11) is 0. The van der Waals surface area contributed by atoms with Crippen molar-refractivity contribution < 1.29 is 4.79 Å². The van der Waals surface area contributed by atoms with E-state index in [0.717, 1.165) is 63.3 Å². The fraction of sp³-hybridized carbons (Fsp3) is 0.520. The summed E-state index contributed by atoms with van der Waals surface area (Å²) >= 11 is 0. The molecule has 5 heterocycles. The molecule has 3 aromatic heterocycles. The molecule has 0 saturated carbocycles. The predicted molar refractivity (Wildman–Crippen MR) is 126 cm³/mol. The van der Waals surface area contributed by atoms with Crippen molar-refractivity contribution in [2.45, 2.75) is 64.5 Å². The fourth-order valence-corrected chi connectivity index (χ4v) is 5.26. The number of amides is 1. The van der Waals surface area contributed by atoms with Gasteiger partial charge in [-0.3, -0.25) is 24.6 Å². The number of carbonyl (C=O) groups is 1. The second kappa shape index (κ2) is 9.47. The Bertz CT molecular complexity index is 1180. The highest BCUT2D eigenvalue weighted by molar-refractivity contribution is 5.76. The third-order valence-corrected chi connectivity index (χ3v) is 7.06. The Morgan fingerprint density at radius 1 is 1.18 bits per heavy atom. The molecule has 33 heavy (non-hydrogen) atoms. The standard InChI is InChI=1S/C25H32N6O2/c1-18-20(9-10-24(32)29-12-4-5-13-29)25(33)31-23(27-18)15-21(28-31)22-8-2-3-14-30(22)17-19-7-6-11-26-16-19/h6-7,11,15-16,22,28H,2-5,8-10,12-14,17H2,1H3. The maximum atomic E-state index is 13.3. The molecular formula is C25H32N6O2. The second-order valence-electron chi connectivity index (χ2n) is 9.32. The Balaban J connectivity index is 1.38. The molecule has 0 bridgehead atoms. The minimum atomic E-state index is -0.0902. The lowest BCUT2D eigenvalue weighted by Gasteiger charge is -2.35. The Hall–Kier alpha value is -3.00. The Morgan fingerprint density at radius 3 is 2.79 bits per heavy atom. The molecule has 1 amide bonds. The first-order valence-electron chi connectivity index (χ1n) is 12.1. The van der Waals surface area contributed by atoms with E-state index in [1.165, 1.54) is 12.0 Å². The van der Waals surface area contributed by atoms with Gasteiger partial charge in [0.2, 0.25) is 5.91 Å². The van der Waals surface area contributed by atoms with Crippen LogP contribution >= 0.6 is 0 Å². The van der Waals surface area contributed by atoms with E-state index in [4.69, 9.17) is 4.98 Å². The van der Waals surface area contributed by atoms with Crippen molar-refractivity contribution in [3.8, 4) is 0 Å². The summed E-state index contributed by atoms with van der Waals surface area (Å²) in [6, 6.07) is 6.30. The van der Waals surface area contributed by atoms with Gasteiger partial charge in [-0.2, -0.15) is 0 Å². The summed E-state index contributed by atoms with van der Waals surface area (Å²) in [6.07, 6.45) is 10.0. The van der Waals surface area contributed by atoms with Crippen LogP contribution in [0.15, 0.2) is 35.4 Å². The number of hydrogen-bond donors (Lipinski definition) is 1. The topological polar surface area (TPSA) is 86.6 Å². The van der Waals surface area contributed by atoms with Crippen LogP contribution in [0.4, 0.5) is 0 Å². The number of aromatic amines is 1. The number of H-pyrrole nitrogens is 1. The minimum Gasteiger partial charge on any atom is -0.343 e. The first-order chi connectivity index (χ1) is 16.1. The van der Waals surface area contributed by atoms with E-state index in [2.05, 4.69) is 21.0 Å². The molecule has 3 aromatic rings. The number of pyridine rings is 1. The maximum absolute atomic E-state index is 13.3. The summed E-state index contributed by atoms with van der Waals surface area (Å²) in [5.41, 5.74) is 4.12. The van der Waals surface area contributed by atoms with Crippen LogP contribution in [0.5, 0.6) is 0 Å². The highest BCUT2D eigenvalue weighted by atomic mass is 16.2. The number of aryl methyl sites for hydroxylation is 1. The number of carbonyl (C=O) groups excluding carboxylic acids is 1. The van der Waals surface area contributed by atoms with Crippen molar-refractivity contribution in [1.82, 2.24) is 29.4 Å². The largest absolute Gasteiger partial charge is 0.343 e. The average Bonchev–Trinajstić information content (AvgIpc) is 3.50. The minimum absolute atomic E-state index is 0.0902. The summed E-state index contributed by atoms with van der Waals surface area (Å²) in [5.74, 6) is 0.136. The molecule has 0 radical (unpaired) electrons. The lowest BCUT2D eigenvalue weighted by atomic mass is 9.99. The summed E-state index contributed by atoms with van der Waals surface area (Å²) < 4.78 is 1.56. The van der Waals surface area contributed by atoms with E-state index in [0.29, 0.717) is 24.1 Å². The number of nitrogens with one attached hydrogen (secondary N) is 1. The maximum Gasteiger partial charge on any atom is 0.276 e. The Kier molecular flexibility index (Phi) is 6.26. The van der Waals surface area contributed by atoms with Crippen molar-refractivity contribution >= 4 is 11.6 Å². The molecule has 2 saturated heterocycles. The third kappa shape index (κ3) is 4.57. The monoisotopic (exact) mass is 448 g/mol. The Labute approximate surface area is 193 Å². The van der Waals surface area contributed by atoms with Gasteiger partial charge in [0.15, 0.2) is 5.65 Å². The van der Waals surface area contributed by atoms with E-state index in [-0.39, 0.29) is 17.5 Å². The van der Waals surface area contributed by atoms with Crippen molar-refractivity contribution in [3.63, 3.8) is 0 Å². The molecule has 8 heteroatoms. The van der Waals surface area contributed by atoms with Crippen LogP contribution in [0, 0.1) is 6.92 Å². The Morgan fingerprint density at radius 2 is 2.00 bits per heavy atom. The number of fused-ring (bicyclic) bond motifs is 1. The lowest BCUT2D eigenvalue weighted by Crippen LogP contribution is -2.33. The van der Waals surface area contributed by atoms with Gasteiger partial charge in [-0.05, 0) is 57.2 Å². The predicted octanol–water partition coefficient (Wildman–Crippen LogP) is 3.01. The first-order valence-corrected chi connectivity index (χ1v) is 12.1. The van der Waals surface area contributed by atoms with Crippen LogP contribution in [0.1, 0.15) is 67.1 Å². The zero-order valence-corrected chi connectivity index (χ0v) is 19.3. The normalized spacial score (nSPS) is 19.4. The van der Waals surface area contributed by atoms with Gasteiger partial charge in [0.05, 0.1) is 11.7 Å². The van der Waals surface area contributed by atoms with Gasteiger partial charge in [-0.1, -0.05) is 12.5 Å². The van der Waals surface area contributed by atoms with Gasteiger partial charge in [0.25, 0.3) is 5.56 Å². The highest BCUT2D eigenvalue weighted by Gasteiger charge is 2.27. The number of piperidine rings is 1. The summed E-state index contributed by atoms with van der Waals surface area (Å²) in [6.45, 7) is 5.40. The number of likely N-dealkylation sites (tertiary alicyclic amines) is 2. The van der Waals surface area contributed by atoms with Crippen LogP contribution in [-0.2, 0) is 17.8 Å². The molecule has 1 unspecified atom stereocenters. The van der Waals surface area contributed by atoms with Crippen LogP contribution in [0.3, 0.4) is 0 Å². The molecule has 0 spiro atoms.